The third-order valence-electron chi connectivity index (χ3n) is 3.83. The van der Waals surface area contributed by atoms with E-state index in [2.05, 4.69) is 20.3 Å². The number of anilines is 1. The highest BCUT2D eigenvalue weighted by atomic mass is 16.5. The van der Waals surface area contributed by atoms with Crippen LogP contribution in [-0.4, -0.2) is 25.9 Å². The molecule has 0 saturated carbocycles. The number of aromatic nitrogens is 4. The molecular weight excluding hydrogens is 330 g/mol. The van der Waals surface area contributed by atoms with Crippen LogP contribution < -0.4 is 10.1 Å². The second kappa shape index (κ2) is 7.02. The van der Waals surface area contributed by atoms with Crippen LogP contribution in [0.3, 0.4) is 0 Å². The fourth-order valence-electron chi connectivity index (χ4n) is 2.67. The Bertz CT molecular complexity index is 1050. The first-order valence-corrected chi connectivity index (χ1v) is 8.01. The van der Waals surface area contributed by atoms with Gasteiger partial charge in [-0.05, 0) is 29.8 Å². The predicted molar refractivity (Wildman–Crippen MR) is 97.1 cm³/mol. The maximum Gasteiger partial charge on any atom is 0.250 e. The number of ether oxygens (including phenoxy) is 1. The number of nitrogens with one attached hydrogen (secondary N) is 1. The Kier molecular flexibility index (Phi) is 4.26. The van der Waals surface area contributed by atoms with Gasteiger partial charge in [0, 0.05) is 5.69 Å². The fourth-order valence-corrected chi connectivity index (χ4v) is 2.67. The van der Waals surface area contributed by atoms with Crippen molar-refractivity contribution in [3.63, 3.8) is 0 Å². The van der Waals surface area contributed by atoms with Crippen molar-refractivity contribution in [2.45, 2.75) is 6.54 Å². The van der Waals surface area contributed by atoms with Gasteiger partial charge in [0.2, 0.25) is 6.41 Å². The molecule has 1 N–H and O–H groups in total. The monoisotopic (exact) mass is 345 g/mol. The summed E-state index contributed by atoms with van der Waals surface area (Å²) in [7, 11) is 0. The number of hydrogen-bond acceptors (Lipinski definition) is 5. The van der Waals surface area contributed by atoms with Crippen molar-refractivity contribution in [3.8, 4) is 11.6 Å². The maximum atomic E-state index is 10.6. The Morgan fingerprint density at radius 1 is 1.04 bits per heavy atom. The summed E-state index contributed by atoms with van der Waals surface area (Å²) in [5.41, 5.74) is 3.03. The van der Waals surface area contributed by atoms with Crippen LogP contribution in [0.15, 0.2) is 67.3 Å². The molecule has 0 aliphatic rings. The second-order valence-electron chi connectivity index (χ2n) is 5.60. The Morgan fingerprint density at radius 3 is 2.77 bits per heavy atom. The Hall–Kier alpha value is -3.74. The van der Waals surface area contributed by atoms with Crippen LogP contribution in [0, 0.1) is 0 Å². The summed E-state index contributed by atoms with van der Waals surface area (Å²) in [6, 6.07) is 17.0. The lowest BCUT2D eigenvalue weighted by molar-refractivity contribution is -0.105. The molecule has 0 atom stereocenters. The van der Waals surface area contributed by atoms with Crippen molar-refractivity contribution in [1.82, 2.24) is 19.5 Å². The van der Waals surface area contributed by atoms with Crippen LogP contribution in [0.25, 0.3) is 11.2 Å². The van der Waals surface area contributed by atoms with Crippen molar-refractivity contribution in [1.29, 1.82) is 0 Å². The van der Waals surface area contributed by atoms with Crippen molar-refractivity contribution >= 4 is 23.3 Å². The zero-order chi connectivity index (χ0) is 17.8. The number of carbonyl (C=O) groups is 1. The van der Waals surface area contributed by atoms with Gasteiger partial charge in [0.25, 0.3) is 5.88 Å². The molecule has 0 aliphatic heterocycles. The summed E-state index contributed by atoms with van der Waals surface area (Å²) in [4.78, 5) is 23.6. The van der Waals surface area contributed by atoms with E-state index in [9.17, 15) is 4.79 Å². The third kappa shape index (κ3) is 3.23. The van der Waals surface area contributed by atoms with E-state index < -0.39 is 0 Å². The van der Waals surface area contributed by atoms with Crippen LogP contribution >= 0.6 is 0 Å². The number of fused-ring (bicyclic) bond motifs is 1. The Labute approximate surface area is 149 Å². The van der Waals surface area contributed by atoms with Gasteiger partial charge in [0.1, 0.15) is 12.1 Å². The molecule has 2 aromatic heterocycles. The normalized spacial score (nSPS) is 10.6. The van der Waals surface area contributed by atoms with Crippen LogP contribution in [0.1, 0.15) is 5.56 Å². The van der Waals surface area contributed by atoms with Crippen LogP contribution in [0.5, 0.6) is 11.6 Å². The SMILES string of the molecule is O=CNc1cccc(Cn2cnc3c(Oc4ccccc4)ncnc32)c1. The number of hydrogen-bond donors (Lipinski definition) is 1. The minimum atomic E-state index is 0.413. The zero-order valence-electron chi connectivity index (χ0n) is 13.7. The third-order valence-corrected chi connectivity index (χ3v) is 3.83. The molecule has 26 heavy (non-hydrogen) atoms. The van der Waals surface area contributed by atoms with Crippen LogP contribution in [0.2, 0.25) is 0 Å². The largest absolute Gasteiger partial charge is 0.437 e. The lowest BCUT2D eigenvalue weighted by Crippen LogP contribution is -2.01. The van der Waals surface area contributed by atoms with E-state index in [1.165, 1.54) is 6.33 Å². The van der Waals surface area contributed by atoms with E-state index in [0.717, 1.165) is 11.3 Å². The average Bonchev–Trinajstić information content (AvgIpc) is 3.07. The second-order valence-corrected chi connectivity index (χ2v) is 5.60. The molecule has 4 rings (SSSR count). The summed E-state index contributed by atoms with van der Waals surface area (Å²) >= 11 is 0. The number of benzene rings is 2. The van der Waals surface area contributed by atoms with Gasteiger partial charge in [-0.3, -0.25) is 4.79 Å². The summed E-state index contributed by atoms with van der Waals surface area (Å²) < 4.78 is 7.74. The minimum Gasteiger partial charge on any atom is -0.437 e. The summed E-state index contributed by atoms with van der Waals surface area (Å²) in [5.74, 6) is 1.10. The van der Waals surface area contributed by atoms with Gasteiger partial charge in [-0.25, -0.2) is 9.97 Å². The molecule has 2 aromatic carbocycles. The number of para-hydroxylation sites is 1. The highest BCUT2D eigenvalue weighted by Gasteiger charge is 2.12. The van der Waals surface area contributed by atoms with Gasteiger partial charge < -0.3 is 14.6 Å². The first kappa shape index (κ1) is 15.8. The van der Waals surface area contributed by atoms with E-state index in [0.29, 0.717) is 35.7 Å². The predicted octanol–water partition coefficient (Wildman–Crippen LogP) is 3.24. The summed E-state index contributed by atoms with van der Waals surface area (Å²) in [6.07, 6.45) is 3.83. The van der Waals surface area contributed by atoms with E-state index in [1.807, 2.05) is 59.2 Å². The summed E-state index contributed by atoms with van der Waals surface area (Å²) in [5, 5.41) is 2.65. The van der Waals surface area contributed by atoms with Crippen LogP contribution in [-0.2, 0) is 11.3 Å². The van der Waals surface area contributed by atoms with Crippen molar-refractivity contribution in [2.24, 2.45) is 0 Å². The molecule has 0 spiro atoms. The van der Waals surface area contributed by atoms with E-state index in [-0.39, 0.29) is 0 Å². The number of imidazole rings is 1. The lowest BCUT2D eigenvalue weighted by Gasteiger charge is -2.07. The molecular formula is C19H15N5O2. The zero-order valence-corrected chi connectivity index (χ0v) is 13.7. The molecule has 0 bridgehead atoms. The van der Waals surface area contributed by atoms with Gasteiger partial charge in [-0.2, -0.15) is 4.98 Å². The maximum absolute atomic E-state index is 10.6. The number of amides is 1. The molecule has 128 valence electrons. The van der Waals surface area contributed by atoms with Crippen molar-refractivity contribution in [2.75, 3.05) is 5.32 Å². The van der Waals surface area contributed by atoms with E-state index in [1.54, 1.807) is 6.33 Å². The molecule has 7 nitrogen and oxygen atoms in total. The smallest absolute Gasteiger partial charge is 0.250 e. The van der Waals surface area contributed by atoms with Crippen molar-refractivity contribution in [3.05, 3.63) is 72.8 Å². The van der Waals surface area contributed by atoms with E-state index in [4.69, 9.17) is 4.74 Å². The molecule has 0 radical (unpaired) electrons. The van der Waals surface area contributed by atoms with Gasteiger partial charge in [0.05, 0.1) is 12.9 Å². The molecule has 0 unspecified atom stereocenters. The first-order valence-electron chi connectivity index (χ1n) is 8.01. The highest BCUT2D eigenvalue weighted by Crippen LogP contribution is 2.25. The fraction of sp³-hybridized carbons (Fsp3) is 0.0526. The van der Waals surface area contributed by atoms with E-state index >= 15 is 0 Å². The molecule has 0 fully saturated rings. The Morgan fingerprint density at radius 2 is 1.92 bits per heavy atom. The molecule has 0 saturated heterocycles. The molecule has 4 aromatic rings. The van der Waals surface area contributed by atoms with Crippen LogP contribution in [0.4, 0.5) is 5.69 Å². The molecule has 7 heteroatoms. The van der Waals surface area contributed by atoms with Crippen molar-refractivity contribution < 1.29 is 9.53 Å². The van der Waals surface area contributed by atoms with Gasteiger partial charge >= 0.3 is 0 Å². The quantitative estimate of drug-likeness (QED) is 0.543. The number of rotatable bonds is 6. The first-order chi connectivity index (χ1) is 12.8. The summed E-state index contributed by atoms with van der Waals surface area (Å²) in [6.45, 7) is 0.562. The minimum absolute atomic E-state index is 0.413. The lowest BCUT2D eigenvalue weighted by atomic mass is 10.2. The van der Waals surface area contributed by atoms with Gasteiger partial charge in [-0.1, -0.05) is 30.3 Å². The standard InChI is InChI=1S/C19H15N5O2/c25-13-23-15-6-4-5-14(9-15)10-24-12-22-17-18(24)20-11-21-19(17)26-16-7-2-1-3-8-16/h1-9,11-13H,10H2,(H,23,25). The topological polar surface area (TPSA) is 81.9 Å². The highest BCUT2D eigenvalue weighted by molar-refractivity contribution is 5.76. The molecule has 0 aliphatic carbocycles. The molecule has 2 heterocycles. The Balaban J connectivity index is 1.64. The van der Waals surface area contributed by atoms with Gasteiger partial charge in [0.15, 0.2) is 11.2 Å². The number of nitrogens with zero attached hydrogens (tertiary/aromatic N) is 4. The van der Waals surface area contributed by atoms with Gasteiger partial charge in [-0.15, -0.1) is 0 Å². The molecule has 1 amide bonds. The average molecular weight is 345 g/mol. The number of carbonyl (C=O) groups excluding carboxylic acids is 1.